The molecule has 0 bridgehead atoms. The summed E-state index contributed by atoms with van der Waals surface area (Å²) in [5, 5.41) is 29.1. The molecule has 4 rings (SSSR count). The van der Waals surface area contributed by atoms with Crippen LogP contribution in [0, 0.1) is 23.2 Å². The third-order valence-corrected chi connectivity index (χ3v) is 18.1. The Balaban J connectivity index is 0.0000302. The Kier molecular flexibility index (Phi) is 43.9. The van der Waals surface area contributed by atoms with E-state index in [1.165, 1.54) is 25.3 Å². The topological polar surface area (TPSA) is 439 Å². The van der Waals surface area contributed by atoms with Crippen LogP contribution in [0.1, 0.15) is 129 Å². The zero-order valence-electron chi connectivity index (χ0n) is 63.6. The Labute approximate surface area is 659 Å². The number of epoxide rings is 1. The van der Waals surface area contributed by atoms with E-state index >= 15 is 0 Å². The Morgan fingerprint density at radius 1 is 0.806 bits per heavy atom. The predicted octanol–water partition coefficient (Wildman–Crippen LogP) is 0.0588. The van der Waals surface area contributed by atoms with Crippen molar-refractivity contribution >= 4 is 86.9 Å². The van der Waals surface area contributed by atoms with Crippen molar-refractivity contribution in [2.75, 3.05) is 106 Å². The number of benzene rings is 2. The van der Waals surface area contributed by atoms with Crippen molar-refractivity contribution in [3.8, 4) is 5.75 Å². The molecule has 1 saturated heterocycles. The Hall–Kier alpha value is -7.15. The monoisotopic (exact) mass is 1570 g/mol. The van der Waals surface area contributed by atoms with Crippen LogP contribution >= 0.6 is 11.6 Å². The van der Waals surface area contributed by atoms with E-state index in [2.05, 4.69) is 43.8 Å². The maximum absolute atomic E-state index is 14.3. The molecule has 2 aromatic rings. The molecule has 2 heterocycles. The van der Waals surface area contributed by atoms with Gasteiger partial charge in [0, 0.05) is 84.3 Å². The maximum Gasteiger partial charge on any atom is 1.00 e. The van der Waals surface area contributed by atoms with Crippen LogP contribution in [0.3, 0.4) is 0 Å². The summed E-state index contributed by atoms with van der Waals surface area (Å²) in [6, 6.07) is 8.60. The molecule has 8 N–H and O–H groups in total. The van der Waals surface area contributed by atoms with Crippen LogP contribution in [-0.2, 0) is 114 Å². The minimum atomic E-state index is -4.64. The SMILES string of the molecule is C=CCOC(CN(CCC(=O)N[C@H](C(=O)N[C@@H](CCCCNC(=O)CCOCCOCCOCCOC)C(=O)NCc1ccc([C@H]2O[C@@H]2[C@@H](C)[C@@H]2C/C=C/C(=O)N[C@H](Cc3ccc(OC)c(Cl)c3)C(=O)NCC(C)(C)C(=O)O[C@@H](CC(C)C)C(=O)O2)cc1)C(C)C)C(=O)CCC(=O)NCCS(=O)(=O)[O-])C(=O)O.[Na+]. The fourth-order valence-electron chi connectivity index (χ4n) is 10.8. The predicted molar refractivity (Wildman–Crippen MR) is 389 cm³/mol. The molecule has 0 spiro atoms. The molecule has 32 nitrogen and oxygen atoms in total. The van der Waals surface area contributed by atoms with E-state index in [1.807, 2.05) is 32.9 Å². The van der Waals surface area contributed by atoms with E-state index in [9.17, 15) is 70.8 Å². The number of rotatable bonds is 47. The Morgan fingerprint density at radius 3 is 2.07 bits per heavy atom. The number of hydrogen-bond donors (Lipinski definition) is 8. The number of esters is 2. The molecule has 2 aromatic carbocycles. The van der Waals surface area contributed by atoms with Crippen molar-refractivity contribution in [1.29, 1.82) is 0 Å². The summed E-state index contributed by atoms with van der Waals surface area (Å²) >= 11 is 6.41. The number of nitrogens with one attached hydrogen (secondary N) is 7. The number of cyclic esters (lactones) is 2. The van der Waals surface area contributed by atoms with Gasteiger partial charge in [0.15, 0.2) is 12.2 Å². The number of carboxylic acid groups (broad SMARTS) is 1. The fourth-order valence-corrected chi connectivity index (χ4v) is 11.5. The maximum atomic E-state index is 14.3. The van der Waals surface area contributed by atoms with E-state index < -0.39 is 180 Å². The van der Waals surface area contributed by atoms with Gasteiger partial charge in [0.2, 0.25) is 47.3 Å². The third kappa shape index (κ3) is 36.6. The number of hydrogen-bond acceptors (Lipinski definition) is 23. The van der Waals surface area contributed by atoms with Gasteiger partial charge in [-0.15, -0.1) is 6.58 Å². The second-order valence-corrected chi connectivity index (χ2v) is 29.2. The van der Waals surface area contributed by atoms with Crippen LogP contribution in [0.15, 0.2) is 67.3 Å². The summed E-state index contributed by atoms with van der Waals surface area (Å²) in [6.07, 6.45) is -1.15. The van der Waals surface area contributed by atoms with Gasteiger partial charge < -0.3 is 94.4 Å². The van der Waals surface area contributed by atoms with E-state index in [-0.39, 0.29) is 113 Å². The molecule has 8 amide bonds. The number of nitrogens with zero attached hydrogens (tertiary/aromatic N) is 1. The summed E-state index contributed by atoms with van der Waals surface area (Å²) < 4.78 is 83.2. The first kappa shape index (κ1) is 95.1. The van der Waals surface area contributed by atoms with Crippen LogP contribution in [0.5, 0.6) is 5.75 Å². The average molecular weight is 1570 g/mol. The van der Waals surface area contributed by atoms with E-state index in [1.54, 1.807) is 65.1 Å². The van der Waals surface area contributed by atoms with Crippen LogP contribution in [0.4, 0.5) is 0 Å². The van der Waals surface area contributed by atoms with E-state index in [0.717, 1.165) is 10.5 Å². The molecular formula is C73H108ClN8NaO24S. The van der Waals surface area contributed by atoms with Crippen molar-refractivity contribution in [3.63, 3.8) is 0 Å². The third-order valence-electron chi connectivity index (χ3n) is 17.1. The first-order valence-electron chi connectivity index (χ1n) is 35.8. The Morgan fingerprint density at radius 2 is 1.45 bits per heavy atom. The summed E-state index contributed by atoms with van der Waals surface area (Å²) in [6.45, 7) is 16.2. The van der Waals surface area contributed by atoms with Crippen LogP contribution in [0.2, 0.25) is 5.02 Å². The summed E-state index contributed by atoms with van der Waals surface area (Å²) in [7, 11) is -1.60. The fraction of sp³-hybridized carbons (Fsp3) is 0.630. The van der Waals surface area contributed by atoms with Crippen molar-refractivity contribution in [2.45, 2.75) is 168 Å². The molecule has 2 aliphatic rings. The number of ether oxygens (including phenoxy) is 9. The van der Waals surface area contributed by atoms with Gasteiger partial charge in [-0.1, -0.05) is 88.7 Å². The minimum Gasteiger partial charge on any atom is -0.748 e. The molecule has 2 aliphatic heterocycles. The molecule has 0 saturated carbocycles. The first-order chi connectivity index (χ1) is 50.7. The number of carboxylic acids is 1. The molecule has 0 aliphatic carbocycles. The van der Waals surface area contributed by atoms with Crippen LogP contribution < -0.4 is 71.5 Å². The molecular weight excluding hydrogens is 1460 g/mol. The van der Waals surface area contributed by atoms with Crippen molar-refractivity contribution in [3.05, 3.63) is 89.0 Å². The van der Waals surface area contributed by atoms with E-state index in [4.69, 9.17) is 54.2 Å². The quantitative estimate of drug-likeness (QED) is 0.0108. The summed E-state index contributed by atoms with van der Waals surface area (Å²) in [5.41, 5.74) is 0.675. The Bertz CT molecular complexity index is 3400. The minimum absolute atomic E-state index is 0. The van der Waals surface area contributed by atoms with Crippen molar-refractivity contribution < 1.29 is 143 Å². The van der Waals surface area contributed by atoms with Gasteiger partial charge in [0.25, 0.3) is 0 Å². The first-order valence-corrected chi connectivity index (χ1v) is 37.7. The van der Waals surface area contributed by atoms with Gasteiger partial charge in [-0.2, -0.15) is 0 Å². The number of aliphatic carboxylic acids is 1. The number of unbranched alkanes of at least 4 members (excludes halogenated alkanes) is 1. The smallest absolute Gasteiger partial charge is 0.748 e. The number of carbonyl (C=O) groups excluding carboxylic acids is 10. The van der Waals surface area contributed by atoms with Gasteiger partial charge in [-0.3, -0.25) is 43.2 Å². The van der Waals surface area contributed by atoms with Gasteiger partial charge in [0.1, 0.15) is 36.1 Å². The molecule has 9 atom stereocenters. The molecule has 1 unspecified atom stereocenters. The van der Waals surface area contributed by atoms with Gasteiger partial charge in [-0.05, 0) is 86.3 Å². The number of carbonyl (C=O) groups is 11. The molecule has 0 radical (unpaired) electrons. The molecule has 0 aromatic heterocycles. The largest absolute Gasteiger partial charge is 1.00 e. The average Bonchev–Trinajstić information content (AvgIpc) is 1.62. The van der Waals surface area contributed by atoms with E-state index in [0.29, 0.717) is 67.8 Å². The van der Waals surface area contributed by atoms with Gasteiger partial charge in [-0.25, -0.2) is 18.0 Å². The standard InChI is InChI=1S/C73H109ClN8O24S.Na/c1-11-31-103-58(70(91)92)44-82(63(87)25-24-59(83)76-29-39-107(95,96)97)30-26-62(86)81-64(47(4)5)69(90)80-53(15-12-13-28-75-60(84)27-32-100-35-36-102-38-37-101-34-33-98-9)67(88)77-43-49-18-21-51(22-19-49)66-65(106-66)48(6)55-16-14-17-61(85)79-54(42-50-20-23-56(99-10)52(74)41-50)68(89)78-45-73(7,8)72(94)105-57(40-46(2)3)71(93)104-55;/h11,14,17-23,41,46-48,53-55,57-58,64-66H,1,12-13,15-16,24-40,42-45H2,2-10H3,(H,75,84)(H,76,83)(H,77,88)(H,78,89)(H,79,85)(H,80,90)(H,81,86)(H,91,92)(H,95,96,97);/q;+1/p-1/b17-14+;/t48-,53-,54+,55-,57-,58?,64-,65+,66+;/m0./s1. The number of halogens is 1. The number of amides is 8. The number of methoxy groups -OCH3 is 2. The second-order valence-electron chi connectivity index (χ2n) is 27.2. The zero-order chi connectivity index (χ0) is 79.2. The van der Waals surface area contributed by atoms with Gasteiger partial charge in [0.05, 0.1) is 98.9 Å². The second kappa shape index (κ2) is 49.9. The van der Waals surface area contributed by atoms with Crippen LogP contribution in [-0.4, -0.2) is 236 Å². The van der Waals surface area contributed by atoms with Gasteiger partial charge >= 0.3 is 47.5 Å². The summed E-state index contributed by atoms with van der Waals surface area (Å²) in [4.78, 5) is 149. The van der Waals surface area contributed by atoms with Crippen LogP contribution in [0.25, 0.3) is 0 Å². The molecule has 598 valence electrons. The molecule has 108 heavy (non-hydrogen) atoms. The zero-order valence-corrected chi connectivity index (χ0v) is 67.2. The molecule has 35 heteroatoms. The normalized spacial score (nSPS) is 18.9. The molecule has 1 fully saturated rings. The summed E-state index contributed by atoms with van der Waals surface area (Å²) in [5.74, 6) is -9.77. The van der Waals surface area contributed by atoms with Crippen molar-refractivity contribution in [1.82, 2.24) is 42.1 Å². The van der Waals surface area contributed by atoms with Crippen molar-refractivity contribution in [2.24, 2.45) is 23.2 Å².